The van der Waals surface area contributed by atoms with E-state index in [2.05, 4.69) is 36.3 Å². The Morgan fingerprint density at radius 1 is 0.958 bits per heavy atom. The van der Waals surface area contributed by atoms with Crippen molar-refractivity contribution in [2.45, 2.75) is 19.4 Å². The Balaban J connectivity index is 1.76. The molecular formula is C20H19N3O. The van der Waals surface area contributed by atoms with E-state index in [-0.39, 0.29) is 5.54 Å². The quantitative estimate of drug-likeness (QED) is 0.772. The van der Waals surface area contributed by atoms with E-state index >= 15 is 0 Å². The van der Waals surface area contributed by atoms with Crippen molar-refractivity contribution in [3.63, 3.8) is 0 Å². The average Bonchev–Trinajstić information content (AvgIpc) is 2.95. The van der Waals surface area contributed by atoms with Gasteiger partial charge in [0.1, 0.15) is 6.61 Å². The van der Waals surface area contributed by atoms with Crippen LogP contribution in [0.25, 0.3) is 10.9 Å². The van der Waals surface area contributed by atoms with Crippen LogP contribution < -0.4 is 5.32 Å². The Kier molecular flexibility index (Phi) is 3.45. The normalized spacial score (nSPS) is 15.8. The lowest BCUT2D eigenvalue weighted by Gasteiger charge is -2.13. The fourth-order valence-corrected chi connectivity index (χ4v) is 2.85. The first kappa shape index (κ1) is 14.7. The molecule has 0 aliphatic carbocycles. The second kappa shape index (κ2) is 5.64. The Hall–Kier alpha value is -2.88. The number of aliphatic imine (C=N–C) groups is 1. The molecule has 4 rings (SSSR count). The number of para-hydroxylation sites is 2. The van der Waals surface area contributed by atoms with E-state index in [1.54, 1.807) is 0 Å². The third kappa shape index (κ3) is 2.71. The molecule has 1 aliphatic rings. The van der Waals surface area contributed by atoms with Crippen LogP contribution in [0.5, 0.6) is 0 Å². The second-order valence-electron chi connectivity index (χ2n) is 6.57. The van der Waals surface area contributed by atoms with Gasteiger partial charge in [0, 0.05) is 11.6 Å². The number of fused-ring (bicyclic) bond motifs is 1. The summed E-state index contributed by atoms with van der Waals surface area (Å²) in [5.74, 6) is 0.691. The molecule has 0 spiro atoms. The van der Waals surface area contributed by atoms with Crippen molar-refractivity contribution in [1.29, 1.82) is 0 Å². The van der Waals surface area contributed by atoms with Crippen LogP contribution in [0.1, 0.15) is 19.4 Å². The predicted molar refractivity (Wildman–Crippen MR) is 98.0 cm³/mol. The summed E-state index contributed by atoms with van der Waals surface area (Å²) in [6, 6.07) is 18.2. The molecule has 3 aromatic rings. The zero-order valence-electron chi connectivity index (χ0n) is 13.8. The first-order chi connectivity index (χ1) is 11.6. The molecule has 0 saturated heterocycles. The average molecular weight is 317 g/mol. The topological polar surface area (TPSA) is 46.5 Å². The van der Waals surface area contributed by atoms with Gasteiger partial charge in [-0.2, -0.15) is 0 Å². The molecule has 2 heterocycles. The first-order valence-electron chi connectivity index (χ1n) is 8.05. The van der Waals surface area contributed by atoms with E-state index in [9.17, 15) is 0 Å². The highest BCUT2D eigenvalue weighted by Crippen LogP contribution is 2.29. The van der Waals surface area contributed by atoms with Gasteiger partial charge in [-0.05, 0) is 38.1 Å². The highest BCUT2D eigenvalue weighted by molar-refractivity contribution is 6.02. The van der Waals surface area contributed by atoms with E-state index in [0.29, 0.717) is 12.5 Å². The number of nitrogens with zero attached hydrogens (tertiary/aromatic N) is 2. The summed E-state index contributed by atoms with van der Waals surface area (Å²) in [4.78, 5) is 9.20. The van der Waals surface area contributed by atoms with Crippen molar-refractivity contribution in [3.05, 3.63) is 66.4 Å². The number of ether oxygens (including phenoxy) is 1. The predicted octanol–water partition coefficient (Wildman–Crippen LogP) is 4.53. The summed E-state index contributed by atoms with van der Waals surface area (Å²) >= 11 is 0. The van der Waals surface area contributed by atoms with Crippen LogP contribution in [-0.2, 0) is 4.74 Å². The summed E-state index contributed by atoms with van der Waals surface area (Å²) in [6.45, 7) is 4.75. The number of benzene rings is 2. The Morgan fingerprint density at radius 2 is 1.75 bits per heavy atom. The molecule has 4 heteroatoms. The maximum Gasteiger partial charge on any atom is 0.218 e. The van der Waals surface area contributed by atoms with Crippen molar-refractivity contribution >= 4 is 28.2 Å². The van der Waals surface area contributed by atoms with Crippen molar-refractivity contribution in [2.24, 2.45) is 4.99 Å². The molecule has 1 N–H and O–H groups in total. The van der Waals surface area contributed by atoms with E-state index in [1.807, 2.05) is 48.7 Å². The third-order valence-corrected chi connectivity index (χ3v) is 4.03. The lowest BCUT2D eigenvalue weighted by atomic mass is 10.1. The maximum atomic E-state index is 5.81. The van der Waals surface area contributed by atoms with E-state index in [4.69, 9.17) is 9.73 Å². The monoisotopic (exact) mass is 317 g/mol. The molecule has 1 aromatic heterocycles. The summed E-state index contributed by atoms with van der Waals surface area (Å²) in [5, 5.41) is 4.60. The van der Waals surface area contributed by atoms with E-state index < -0.39 is 0 Å². The molecule has 0 unspecified atom stereocenters. The fraction of sp³-hybridized carbons (Fsp3) is 0.200. The van der Waals surface area contributed by atoms with Crippen molar-refractivity contribution in [1.82, 2.24) is 4.98 Å². The number of nitrogens with one attached hydrogen (secondary N) is 1. The van der Waals surface area contributed by atoms with Gasteiger partial charge in [0.05, 0.1) is 28.0 Å². The summed E-state index contributed by atoms with van der Waals surface area (Å²) in [6.07, 6.45) is 1.81. The fourth-order valence-electron chi connectivity index (χ4n) is 2.85. The summed E-state index contributed by atoms with van der Waals surface area (Å²) in [7, 11) is 0. The number of rotatable bonds is 3. The van der Waals surface area contributed by atoms with Gasteiger partial charge in [-0.3, -0.25) is 4.98 Å². The smallest absolute Gasteiger partial charge is 0.218 e. The minimum atomic E-state index is -0.177. The van der Waals surface area contributed by atoms with Crippen molar-refractivity contribution in [3.8, 4) is 0 Å². The standard InChI is InChI=1S/C20H19N3O/c1-20(2)13-24-19(23-20)15-9-3-4-10-16(15)22-17-11-5-7-14-8-6-12-21-18(14)17/h3-12,22H,13H2,1-2H3. The number of hydrogen-bond donors (Lipinski definition) is 1. The van der Waals surface area contributed by atoms with Crippen LogP contribution in [0.2, 0.25) is 0 Å². The molecule has 0 radical (unpaired) electrons. The van der Waals surface area contributed by atoms with Gasteiger partial charge in [-0.25, -0.2) is 4.99 Å². The zero-order chi connectivity index (χ0) is 16.6. The second-order valence-corrected chi connectivity index (χ2v) is 6.57. The number of aromatic nitrogens is 1. The molecule has 1 aliphatic heterocycles. The largest absolute Gasteiger partial charge is 0.475 e. The van der Waals surface area contributed by atoms with Gasteiger partial charge in [0.15, 0.2) is 0 Å². The molecule has 0 saturated carbocycles. The van der Waals surface area contributed by atoms with Crippen LogP contribution in [0.15, 0.2) is 65.8 Å². The SMILES string of the molecule is CC1(C)COC(c2ccccc2Nc2cccc3cccnc23)=N1. The molecule has 0 bridgehead atoms. The molecule has 0 atom stereocenters. The summed E-state index contributed by atoms with van der Waals surface area (Å²) in [5.41, 5.74) is 3.68. The number of pyridine rings is 1. The Labute approximate surface area is 141 Å². The van der Waals surface area contributed by atoms with Gasteiger partial charge in [0.2, 0.25) is 5.90 Å². The highest BCUT2D eigenvalue weighted by atomic mass is 16.5. The van der Waals surface area contributed by atoms with Crippen LogP contribution in [-0.4, -0.2) is 23.0 Å². The molecule has 120 valence electrons. The molecular weight excluding hydrogens is 298 g/mol. The van der Waals surface area contributed by atoms with Gasteiger partial charge in [-0.15, -0.1) is 0 Å². The van der Waals surface area contributed by atoms with Crippen molar-refractivity contribution < 1.29 is 4.74 Å². The molecule has 4 nitrogen and oxygen atoms in total. The van der Waals surface area contributed by atoms with E-state index in [0.717, 1.165) is 27.8 Å². The van der Waals surface area contributed by atoms with Crippen LogP contribution in [0.4, 0.5) is 11.4 Å². The minimum Gasteiger partial charge on any atom is -0.475 e. The molecule has 2 aromatic carbocycles. The summed E-state index contributed by atoms with van der Waals surface area (Å²) < 4.78 is 5.81. The molecule has 24 heavy (non-hydrogen) atoms. The Bertz CT molecular complexity index is 926. The molecule has 0 amide bonds. The van der Waals surface area contributed by atoms with Gasteiger partial charge >= 0.3 is 0 Å². The van der Waals surface area contributed by atoms with Crippen LogP contribution in [0.3, 0.4) is 0 Å². The van der Waals surface area contributed by atoms with E-state index in [1.165, 1.54) is 0 Å². The third-order valence-electron chi connectivity index (χ3n) is 4.03. The van der Waals surface area contributed by atoms with Crippen molar-refractivity contribution in [2.75, 3.05) is 11.9 Å². The first-order valence-corrected chi connectivity index (χ1v) is 8.05. The van der Waals surface area contributed by atoms with Crippen LogP contribution in [0, 0.1) is 0 Å². The lowest BCUT2D eigenvalue weighted by Crippen LogP contribution is -2.17. The Morgan fingerprint density at radius 3 is 2.58 bits per heavy atom. The lowest BCUT2D eigenvalue weighted by molar-refractivity contribution is 0.279. The maximum absolute atomic E-state index is 5.81. The highest BCUT2D eigenvalue weighted by Gasteiger charge is 2.28. The minimum absolute atomic E-state index is 0.177. The number of hydrogen-bond acceptors (Lipinski definition) is 4. The van der Waals surface area contributed by atoms with Crippen LogP contribution >= 0.6 is 0 Å². The zero-order valence-corrected chi connectivity index (χ0v) is 13.8. The number of anilines is 2. The van der Waals surface area contributed by atoms with Gasteiger partial charge < -0.3 is 10.1 Å². The van der Waals surface area contributed by atoms with Gasteiger partial charge in [0.25, 0.3) is 0 Å². The van der Waals surface area contributed by atoms with Gasteiger partial charge in [-0.1, -0.05) is 30.3 Å². The molecule has 0 fully saturated rings.